The zero-order chi connectivity index (χ0) is 25.4. The Bertz CT molecular complexity index is 1020. The van der Waals surface area contributed by atoms with Crippen LogP contribution in [0.2, 0.25) is 0 Å². The highest BCUT2D eigenvalue weighted by Gasteiger charge is 2.48. The van der Waals surface area contributed by atoms with Gasteiger partial charge in [-0.2, -0.15) is 26.3 Å². The summed E-state index contributed by atoms with van der Waals surface area (Å²) in [5.74, 6) is -0.162. The second kappa shape index (κ2) is 9.46. The van der Waals surface area contributed by atoms with Crippen molar-refractivity contribution in [2.75, 3.05) is 19.7 Å². The fraction of sp³-hybridized carbons (Fsp3) is 0.480. The molecule has 0 aliphatic carbocycles. The third-order valence-corrected chi connectivity index (χ3v) is 6.77. The monoisotopic (exact) mass is 500 g/mol. The Morgan fingerprint density at radius 3 is 2.11 bits per heavy atom. The number of carbonyl (C=O) groups excluding carboxylic acids is 1. The Kier molecular flexibility index (Phi) is 6.89. The Balaban J connectivity index is 1.61. The molecule has 3 atom stereocenters. The number of likely N-dealkylation sites (tertiary alicyclic amines) is 1. The van der Waals surface area contributed by atoms with Gasteiger partial charge in [-0.15, -0.1) is 0 Å². The minimum absolute atomic E-state index is 0.0967. The SMILES string of the molecule is C[C@@H](OC[C@@]1(c2ccccc2)C[C@H](N2CCCC2)C(=O)N1)c1cc(C(F)(F)F)cc(C(F)(F)F)c1. The molecular weight excluding hydrogens is 474 g/mol. The highest BCUT2D eigenvalue weighted by Crippen LogP contribution is 2.40. The lowest BCUT2D eigenvalue weighted by molar-refractivity contribution is -0.143. The van der Waals surface area contributed by atoms with Crippen molar-refractivity contribution >= 4 is 5.91 Å². The molecule has 0 radical (unpaired) electrons. The maximum absolute atomic E-state index is 13.3. The average molecular weight is 500 g/mol. The number of benzene rings is 2. The van der Waals surface area contributed by atoms with Gasteiger partial charge >= 0.3 is 12.4 Å². The van der Waals surface area contributed by atoms with Gasteiger partial charge in [0, 0.05) is 6.42 Å². The first kappa shape index (κ1) is 25.5. The molecule has 10 heteroatoms. The van der Waals surface area contributed by atoms with Crippen molar-refractivity contribution in [3.63, 3.8) is 0 Å². The van der Waals surface area contributed by atoms with Gasteiger partial charge in [0.05, 0.1) is 35.4 Å². The van der Waals surface area contributed by atoms with E-state index in [2.05, 4.69) is 10.2 Å². The molecule has 0 unspecified atom stereocenters. The van der Waals surface area contributed by atoms with E-state index in [1.54, 1.807) is 12.1 Å². The summed E-state index contributed by atoms with van der Waals surface area (Å²) in [6, 6.07) is 10.2. The number of carbonyl (C=O) groups is 1. The molecule has 4 nitrogen and oxygen atoms in total. The van der Waals surface area contributed by atoms with Crippen LogP contribution in [-0.4, -0.2) is 36.5 Å². The lowest BCUT2D eigenvalue weighted by Crippen LogP contribution is -2.43. The van der Waals surface area contributed by atoms with Gasteiger partial charge in [0.15, 0.2) is 0 Å². The summed E-state index contributed by atoms with van der Waals surface area (Å²) >= 11 is 0. The van der Waals surface area contributed by atoms with Gasteiger partial charge in [0.1, 0.15) is 0 Å². The number of amides is 1. The molecule has 0 spiro atoms. The molecule has 0 aromatic heterocycles. The minimum Gasteiger partial charge on any atom is -0.371 e. The van der Waals surface area contributed by atoms with Crippen LogP contribution in [-0.2, 0) is 27.4 Å². The molecule has 2 aromatic carbocycles. The summed E-state index contributed by atoms with van der Waals surface area (Å²) in [5.41, 5.74) is -3.20. The lowest BCUT2D eigenvalue weighted by atomic mass is 9.87. The van der Waals surface area contributed by atoms with Crippen LogP contribution in [0, 0.1) is 0 Å². The van der Waals surface area contributed by atoms with Crippen molar-refractivity contribution in [1.82, 2.24) is 10.2 Å². The van der Waals surface area contributed by atoms with E-state index in [0.717, 1.165) is 31.5 Å². The Morgan fingerprint density at radius 1 is 1.00 bits per heavy atom. The third-order valence-electron chi connectivity index (χ3n) is 6.77. The molecule has 2 heterocycles. The summed E-state index contributed by atoms with van der Waals surface area (Å²) < 4.78 is 85.6. The van der Waals surface area contributed by atoms with Gasteiger partial charge in [0.2, 0.25) is 5.91 Å². The maximum atomic E-state index is 13.3. The molecule has 2 aliphatic rings. The Morgan fingerprint density at radius 2 is 1.57 bits per heavy atom. The number of nitrogens with one attached hydrogen (secondary N) is 1. The fourth-order valence-corrected chi connectivity index (χ4v) is 4.84. The summed E-state index contributed by atoms with van der Waals surface area (Å²) in [6.45, 7) is 2.89. The largest absolute Gasteiger partial charge is 0.416 e. The number of halogens is 6. The van der Waals surface area contributed by atoms with E-state index in [4.69, 9.17) is 4.74 Å². The summed E-state index contributed by atoms with van der Waals surface area (Å²) in [7, 11) is 0. The second-order valence-electron chi connectivity index (χ2n) is 9.19. The van der Waals surface area contributed by atoms with Gasteiger partial charge in [-0.1, -0.05) is 30.3 Å². The predicted octanol–water partition coefficient (Wildman–Crippen LogP) is 5.68. The molecule has 2 aromatic rings. The van der Waals surface area contributed by atoms with Crippen LogP contribution in [0.4, 0.5) is 26.3 Å². The van der Waals surface area contributed by atoms with Gasteiger partial charge in [-0.25, -0.2) is 0 Å². The number of hydrogen-bond acceptors (Lipinski definition) is 3. The Labute approximate surface area is 199 Å². The van der Waals surface area contributed by atoms with Gasteiger partial charge < -0.3 is 10.1 Å². The van der Waals surface area contributed by atoms with Crippen LogP contribution in [0.1, 0.15) is 54.5 Å². The molecule has 4 rings (SSSR count). The van der Waals surface area contributed by atoms with Crippen LogP contribution >= 0.6 is 0 Å². The number of ether oxygens (including phenoxy) is 1. The van der Waals surface area contributed by atoms with Crippen molar-refractivity contribution in [3.05, 3.63) is 70.8 Å². The third kappa shape index (κ3) is 5.48. The maximum Gasteiger partial charge on any atom is 0.416 e. The minimum atomic E-state index is -4.94. The summed E-state index contributed by atoms with van der Waals surface area (Å²) in [6.07, 6.45) is -8.59. The van der Waals surface area contributed by atoms with Crippen molar-refractivity contribution < 1.29 is 35.9 Å². The highest BCUT2D eigenvalue weighted by molar-refractivity contribution is 5.85. The molecule has 35 heavy (non-hydrogen) atoms. The van der Waals surface area contributed by atoms with E-state index in [1.165, 1.54) is 6.92 Å². The van der Waals surface area contributed by atoms with E-state index < -0.39 is 35.1 Å². The molecule has 2 aliphatic heterocycles. The van der Waals surface area contributed by atoms with Gasteiger partial charge in [-0.05, 0) is 62.2 Å². The highest BCUT2D eigenvalue weighted by atomic mass is 19.4. The van der Waals surface area contributed by atoms with E-state index in [0.29, 0.717) is 18.6 Å². The van der Waals surface area contributed by atoms with Crippen molar-refractivity contribution in [1.29, 1.82) is 0 Å². The number of alkyl halides is 6. The molecule has 1 amide bonds. The molecule has 1 N–H and O–H groups in total. The van der Waals surface area contributed by atoms with Crippen molar-refractivity contribution in [3.8, 4) is 0 Å². The number of nitrogens with zero attached hydrogens (tertiary/aromatic N) is 1. The van der Waals surface area contributed by atoms with Gasteiger partial charge in [0.25, 0.3) is 0 Å². The van der Waals surface area contributed by atoms with Crippen LogP contribution < -0.4 is 5.32 Å². The smallest absolute Gasteiger partial charge is 0.371 e. The molecule has 0 bridgehead atoms. The first-order valence-corrected chi connectivity index (χ1v) is 11.4. The lowest BCUT2D eigenvalue weighted by Gasteiger charge is -2.32. The number of hydrogen-bond donors (Lipinski definition) is 1. The van der Waals surface area contributed by atoms with E-state index in [9.17, 15) is 31.1 Å². The molecular formula is C25H26F6N2O2. The average Bonchev–Trinajstić information content (AvgIpc) is 3.45. The summed E-state index contributed by atoms with van der Waals surface area (Å²) in [5, 5.41) is 3.02. The van der Waals surface area contributed by atoms with E-state index in [1.807, 2.05) is 18.2 Å². The van der Waals surface area contributed by atoms with E-state index in [-0.39, 0.29) is 30.2 Å². The predicted molar refractivity (Wildman–Crippen MR) is 116 cm³/mol. The van der Waals surface area contributed by atoms with Crippen LogP contribution in [0.15, 0.2) is 48.5 Å². The normalized spacial score (nSPS) is 24.5. The van der Waals surface area contributed by atoms with E-state index >= 15 is 0 Å². The number of rotatable bonds is 6. The van der Waals surface area contributed by atoms with Crippen molar-refractivity contribution in [2.45, 2.75) is 56.2 Å². The molecule has 2 fully saturated rings. The van der Waals surface area contributed by atoms with Crippen LogP contribution in [0.5, 0.6) is 0 Å². The summed E-state index contributed by atoms with van der Waals surface area (Å²) in [4.78, 5) is 15.0. The molecule has 190 valence electrons. The van der Waals surface area contributed by atoms with Crippen LogP contribution in [0.3, 0.4) is 0 Å². The quantitative estimate of drug-likeness (QED) is 0.519. The first-order chi connectivity index (χ1) is 16.4. The van der Waals surface area contributed by atoms with Gasteiger partial charge in [-0.3, -0.25) is 9.69 Å². The Hall–Kier alpha value is -2.59. The fourth-order valence-electron chi connectivity index (χ4n) is 4.84. The zero-order valence-corrected chi connectivity index (χ0v) is 19.0. The van der Waals surface area contributed by atoms with Crippen LogP contribution in [0.25, 0.3) is 0 Å². The van der Waals surface area contributed by atoms with Crippen molar-refractivity contribution in [2.24, 2.45) is 0 Å². The standard InChI is InChI=1S/C25H26F6N2O2/c1-16(17-11-19(24(26,27)28)13-20(12-17)25(29,30)31)35-15-23(18-7-3-2-4-8-18)14-21(22(34)32-23)33-9-5-6-10-33/h2-4,7-8,11-13,16,21H,5-6,9-10,14-15H2,1H3,(H,32,34)/t16-,21+,23-/m1/s1. The zero-order valence-electron chi connectivity index (χ0n) is 19.0. The molecule has 0 saturated carbocycles. The second-order valence-corrected chi connectivity index (χ2v) is 9.19. The molecule has 2 saturated heterocycles. The first-order valence-electron chi connectivity index (χ1n) is 11.4. The topological polar surface area (TPSA) is 41.6 Å².